The van der Waals surface area contributed by atoms with Crippen LogP contribution in [-0.4, -0.2) is 34.5 Å². The first-order valence-corrected chi connectivity index (χ1v) is 8.32. The average Bonchev–Trinajstić information content (AvgIpc) is 2.78. The number of hydrogen-bond donors (Lipinski definition) is 4. The summed E-state index contributed by atoms with van der Waals surface area (Å²) in [4.78, 5) is 23.5. The van der Waals surface area contributed by atoms with Crippen LogP contribution >= 0.6 is 0 Å². The van der Waals surface area contributed by atoms with Crippen LogP contribution in [0.5, 0.6) is 0 Å². The van der Waals surface area contributed by atoms with Gasteiger partial charge in [-0.1, -0.05) is 18.2 Å². The minimum absolute atomic E-state index is 0.0644. The highest BCUT2D eigenvalue weighted by molar-refractivity contribution is 7.85. The van der Waals surface area contributed by atoms with Gasteiger partial charge in [-0.25, -0.2) is 4.79 Å². The van der Waals surface area contributed by atoms with Gasteiger partial charge in [0.15, 0.2) is 0 Å². The lowest BCUT2D eigenvalue weighted by Gasteiger charge is -2.06. The third-order valence-corrected chi connectivity index (χ3v) is 3.66. The summed E-state index contributed by atoms with van der Waals surface area (Å²) in [6.07, 6.45) is 0.0644. The molecule has 0 saturated carbocycles. The van der Waals surface area contributed by atoms with E-state index in [1.807, 2.05) is 6.07 Å². The molecule has 23 heavy (non-hydrogen) atoms. The van der Waals surface area contributed by atoms with Crippen molar-refractivity contribution < 1.29 is 17.8 Å². The fourth-order valence-electron chi connectivity index (χ4n) is 1.88. The van der Waals surface area contributed by atoms with Crippen molar-refractivity contribution >= 4 is 27.7 Å². The van der Waals surface area contributed by atoms with Gasteiger partial charge in [-0.15, -0.1) is 0 Å². The van der Waals surface area contributed by atoms with E-state index < -0.39 is 27.5 Å². The van der Waals surface area contributed by atoms with E-state index in [1.165, 1.54) is 6.07 Å². The van der Waals surface area contributed by atoms with Crippen LogP contribution in [0.4, 0.5) is 16.3 Å². The number of urea groups is 1. The van der Waals surface area contributed by atoms with Crippen molar-refractivity contribution in [3.8, 4) is 0 Å². The number of nitrogens with one attached hydrogen (secondary N) is 3. The summed E-state index contributed by atoms with van der Waals surface area (Å²) in [6.45, 7) is 0.0700. The first-order valence-electron chi connectivity index (χ1n) is 6.71. The van der Waals surface area contributed by atoms with Crippen molar-refractivity contribution in [1.82, 2.24) is 9.78 Å². The Hall–Kier alpha value is -2.59. The molecule has 0 bridgehead atoms. The van der Waals surface area contributed by atoms with E-state index in [9.17, 15) is 18.0 Å². The molecular formula is C13H16N4O5S. The Morgan fingerprint density at radius 1 is 1.22 bits per heavy atom. The van der Waals surface area contributed by atoms with Crippen LogP contribution < -0.4 is 16.2 Å². The number of hydrogen-bond acceptors (Lipinski definition) is 4. The van der Waals surface area contributed by atoms with E-state index in [-0.39, 0.29) is 18.8 Å². The molecule has 0 fully saturated rings. The van der Waals surface area contributed by atoms with Gasteiger partial charge in [0.2, 0.25) is 0 Å². The molecular weight excluding hydrogens is 324 g/mol. The summed E-state index contributed by atoms with van der Waals surface area (Å²) in [5.74, 6) is -0.273. The summed E-state index contributed by atoms with van der Waals surface area (Å²) in [5.41, 5.74) is 0.176. The number of H-pyrrole nitrogens is 1. The van der Waals surface area contributed by atoms with Gasteiger partial charge in [0.1, 0.15) is 5.82 Å². The van der Waals surface area contributed by atoms with Crippen LogP contribution in [-0.2, 0) is 16.7 Å². The van der Waals surface area contributed by atoms with Gasteiger partial charge in [0.25, 0.3) is 15.7 Å². The Balaban J connectivity index is 1.92. The molecule has 0 aliphatic heterocycles. The van der Waals surface area contributed by atoms with Gasteiger partial charge in [0.05, 0.1) is 5.75 Å². The first-order chi connectivity index (χ1) is 10.8. The summed E-state index contributed by atoms with van der Waals surface area (Å²) in [6, 6.07) is 9.42. The smallest absolute Gasteiger partial charge is 0.308 e. The molecule has 0 saturated heterocycles. The van der Waals surface area contributed by atoms with E-state index in [0.717, 1.165) is 4.68 Å². The van der Waals surface area contributed by atoms with Gasteiger partial charge >= 0.3 is 6.03 Å². The third kappa shape index (κ3) is 5.60. The van der Waals surface area contributed by atoms with Crippen LogP contribution in [0.3, 0.4) is 0 Å². The van der Waals surface area contributed by atoms with Crippen LogP contribution in [0.15, 0.2) is 41.2 Å². The Morgan fingerprint density at radius 3 is 2.57 bits per heavy atom. The van der Waals surface area contributed by atoms with Crippen molar-refractivity contribution in [2.75, 3.05) is 16.4 Å². The highest BCUT2D eigenvalue weighted by Crippen LogP contribution is 2.06. The second-order valence-corrected chi connectivity index (χ2v) is 6.32. The molecule has 1 heterocycles. The lowest BCUT2D eigenvalue weighted by molar-refractivity contribution is 0.262. The SMILES string of the molecule is O=C(Nc1ccccc1)Nc1cc(=O)n(CCCS(=O)(=O)O)[nH]1. The van der Waals surface area contributed by atoms with Crippen molar-refractivity contribution in [2.45, 2.75) is 13.0 Å². The molecule has 10 heteroatoms. The minimum Gasteiger partial charge on any atom is -0.308 e. The van der Waals surface area contributed by atoms with E-state index in [4.69, 9.17) is 4.55 Å². The second-order valence-electron chi connectivity index (χ2n) is 4.74. The van der Waals surface area contributed by atoms with E-state index >= 15 is 0 Å². The molecule has 9 nitrogen and oxygen atoms in total. The standard InChI is InChI=1S/C13H16N4O5S/c18-12-9-11(16-17(12)7-4-8-23(20,21)22)15-13(19)14-10-5-2-1-3-6-10/h1-3,5-6,9,16H,4,7-8H2,(H2,14,15,19)(H,20,21,22). The highest BCUT2D eigenvalue weighted by Gasteiger charge is 2.09. The molecule has 124 valence electrons. The maximum Gasteiger partial charge on any atom is 0.324 e. The summed E-state index contributed by atoms with van der Waals surface area (Å²) in [7, 11) is -4.06. The van der Waals surface area contributed by atoms with Crippen molar-refractivity contribution in [3.63, 3.8) is 0 Å². The number of aromatic nitrogens is 2. The number of rotatable bonds is 6. The molecule has 0 atom stereocenters. The zero-order valence-corrected chi connectivity index (χ0v) is 12.8. The monoisotopic (exact) mass is 340 g/mol. The third-order valence-electron chi connectivity index (χ3n) is 2.85. The van der Waals surface area contributed by atoms with Crippen molar-refractivity contribution in [3.05, 3.63) is 46.8 Å². The summed E-state index contributed by atoms with van der Waals surface area (Å²) in [5, 5.41) is 7.69. The van der Waals surface area contributed by atoms with Crippen LogP contribution in [0.2, 0.25) is 0 Å². The Kier molecular flexibility index (Phi) is 5.19. The number of para-hydroxylation sites is 1. The largest absolute Gasteiger partial charge is 0.324 e. The molecule has 2 aromatic rings. The van der Waals surface area contributed by atoms with Crippen LogP contribution in [0.1, 0.15) is 6.42 Å². The van der Waals surface area contributed by atoms with Crippen LogP contribution in [0, 0.1) is 0 Å². The van der Waals surface area contributed by atoms with Crippen LogP contribution in [0.25, 0.3) is 0 Å². The molecule has 0 radical (unpaired) electrons. The van der Waals surface area contributed by atoms with E-state index in [0.29, 0.717) is 5.69 Å². The maximum absolute atomic E-state index is 11.8. The molecule has 1 aromatic carbocycles. The number of aromatic amines is 1. The van der Waals surface area contributed by atoms with E-state index in [1.54, 1.807) is 24.3 Å². The molecule has 0 aliphatic rings. The number of aryl methyl sites for hydroxylation is 1. The average molecular weight is 340 g/mol. The predicted octanol–water partition coefficient (Wildman–Crippen LogP) is 1.10. The predicted molar refractivity (Wildman–Crippen MR) is 85.2 cm³/mol. The second kappa shape index (κ2) is 7.11. The normalized spacial score (nSPS) is 11.2. The zero-order valence-electron chi connectivity index (χ0n) is 12.0. The fourth-order valence-corrected chi connectivity index (χ4v) is 2.37. The molecule has 4 N–H and O–H groups in total. The molecule has 2 amide bonds. The number of carbonyl (C=O) groups excluding carboxylic acids is 1. The lowest BCUT2D eigenvalue weighted by atomic mass is 10.3. The molecule has 2 rings (SSSR count). The molecule has 1 aromatic heterocycles. The number of benzene rings is 1. The lowest BCUT2D eigenvalue weighted by Crippen LogP contribution is -2.20. The van der Waals surface area contributed by atoms with Gasteiger partial charge < -0.3 is 5.32 Å². The van der Waals surface area contributed by atoms with Gasteiger partial charge in [-0.3, -0.25) is 24.4 Å². The Bertz CT molecular complexity index is 826. The quantitative estimate of drug-likeness (QED) is 0.584. The number of anilines is 2. The summed E-state index contributed by atoms with van der Waals surface area (Å²) < 4.78 is 31.0. The van der Waals surface area contributed by atoms with Gasteiger partial charge in [0, 0.05) is 18.3 Å². The Morgan fingerprint density at radius 2 is 1.91 bits per heavy atom. The van der Waals surface area contributed by atoms with Gasteiger partial charge in [-0.2, -0.15) is 8.42 Å². The highest BCUT2D eigenvalue weighted by atomic mass is 32.2. The molecule has 0 spiro atoms. The number of nitrogens with zero attached hydrogens (tertiary/aromatic N) is 1. The van der Waals surface area contributed by atoms with Crippen molar-refractivity contribution in [2.24, 2.45) is 0 Å². The zero-order chi connectivity index (χ0) is 16.9. The van der Waals surface area contributed by atoms with E-state index in [2.05, 4.69) is 15.7 Å². The van der Waals surface area contributed by atoms with Gasteiger partial charge in [-0.05, 0) is 18.6 Å². The minimum atomic E-state index is -4.06. The fraction of sp³-hybridized carbons (Fsp3) is 0.231. The first kappa shape index (κ1) is 16.8. The molecule has 0 aliphatic carbocycles. The topological polar surface area (TPSA) is 133 Å². The number of amides is 2. The Labute approximate surface area is 132 Å². The molecule has 0 unspecified atom stereocenters. The number of carbonyl (C=O) groups is 1. The summed E-state index contributed by atoms with van der Waals surface area (Å²) >= 11 is 0. The maximum atomic E-state index is 11.8. The van der Waals surface area contributed by atoms with Crippen molar-refractivity contribution in [1.29, 1.82) is 0 Å².